The minimum atomic E-state index is -4.75. The van der Waals surface area contributed by atoms with Crippen LogP contribution in [0.2, 0.25) is 5.02 Å². The Morgan fingerprint density at radius 3 is 2.63 bits per heavy atom. The lowest BCUT2D eigenvalue weighted by Gasteiger charge is -2.08. The number of rotatable bonds is 5. The topological polar surface area (TPSA) is 111 Å². The molecule has 156 valence electrons. The third kappa shape index (κ3) is 3.91. The van der Waals surface area contributed by atoms with Gasteiger partial charge in [-0.05, 0) is 17.7 Å². The van der Waals surface area contributed by atoms with Crippen LogP contribution in [0.25, 0.3) is 5.52 Å². The molecule has 1 atom stereocenters. The van der Waals surface area contributed by atoms with E-state index in [0.29, 0.717) is 21.4 Å². The lowest BCUT2D eigenvalue weighted by atomic mass is 10.1. The van der Waals surface area contributed by atoms with E-state index in [2.05, 4.69) is 20.3 Å². The molecule has 0 aliphatic heterocycles. The zero-order chi connectivity index (χ0) is 21.5. The predicted molar refractivity (Wildman–Crippen MR) is 95.8 cm³/mol. The Kier molecular flexibility index (Phi) is 5.03. The first-order chi connectivity index (χ1) is 14.2. The van der Waals surface area contributed by atoms with Gasteiger partial charge in [-0.1, -0.05) is 28.9 Å². The number of hydrogen-bond acceptors (Lipinski definition) is 7. The monoisotopic (exact) mass is 440 g/mol. The average Bonchev–Trinajstić information content (AvgIpc) is 3.31. The van der Waals surface area contributed by atoms with Crippen molar-refractivity contribution in [3.63, 3.8) is 0 Å². The van der Waals surface area contributed by atoms with Crippen LogP contribution in [0.1, 0.15) is 28.9 Å². The second-order valence-corrected chi connectivity index (χ2v) is 6.77. The fourth-order valence-corrected chi connectivity index (χ4v) is 2.93. The van der Waals surface area contributed by atoms with Gasteiger partial charge < -0.3 is 9.63 Å². The third-order valence-corrected chi connectivity index (χ3v) is 4.52. The van der Waals surface area contributed by atoms with E-state index < -0.39 is 28.9 Å². The van der Waals surface area contributed by atoms with Gasteiger partial charge in [-0.2, -0.15) is 23.3 Å². The van der Waals surface area contributed by atoms with Crippen LogP contribution in [0.5, 0.6) is 0 Å². The number of benzene rings is 1. The molecule has 30 heavy (non-hydrogen) atoms. The van der Waals surface area contributed by atoms with E-state index in [1.54, 1.807) is 24.3 Å². The molecule has 0 aliphatic carbocycles. The summed E-state index contributed by atoms with van der Waals surface area (Å²) in [6.45, 7) is -0.297. The summed E-state index contributed by atoms with van der Waals surface area (Å²) in [7, 11) is 0. The fraction of sp³-hybridized carbons (Fsp3) is 0.235. The molecular weight excluding hydrogens is 429 g/mol. The van der Waals surface area contributed by atoms with Gasteiger partial charge in [0.25, 0.3) is 5.56 Å². The van der Waals surface area contributed by atoms with Crippen LogP contribution in [-0.4, -0.2) is 34.6 Å². The highest BCUT2D eigenvalue weighted by molar-refractivity contribution is 6.30. The van der Waals surface area contributed by atoms with Crippen LogP contribution >= 0.6 is 11.6 Å². The summed E-state index contributed by atoms with van der Waals surface area (Å²) in [5.74, 6) is 0.129. The number of fused-ring (bicyclic) bond motifs is 1. The molecule has 1 unspecified atom stereocenters. The van der Waals surface area contributed by atoms with Crippen molar-refractivity contribution in [3.8, 4) is 0 Å². The smallest absolute Gasteiger partial charge is 0.388 e. The van der Waals surface area contributed by atoms with Crippen LogP contribution in [0.15, 0.2) is 46.1 Å². The number of hydrogen-bond donors (Lipinski definition) is 1. The molecule has 0 saturated heterocycles. The molecule has 1 aromatic carbocycles. The van der Waals surface area contributed by atoms with Crippen molar-refractivity contribution in [2.75, 3.05) is 0 Å². The molecule has 0 spiro atoms. The molecule has 0 radical (unpaired) electrons. The van der Waals surface area contributed by atoms with Gasteiger partial charge in [0.15, 0.2) is 11.3 Å². The van der Waals surface area contributed by atoms with Gasteiger partial charge >= 0.3 is 6.18 Å². The van der Waals surface area contributed by atoms with Crippen molar-refractivity contribution in [1.82, 2.24) is 29.5 Å². The number of halogens is 4. The van der Waals surface area contributed by atoms with Crippen LogP contribution in [0.3, 0.4) is 0 Å². The molecule has 4 aromatic rings. The van der Waals surface area contributed by atoms with E-state index in [1.165, 1.54) is 0 Å². The summed E-state index contributed by atoms with van der Waals surface area (Å²) in [5.41, 5.74) is -2.26. The Labute approximate surface area is 170 Å². The largest absolute Gasteiger partial charge is 0.420 e. The lowest BCUT2D eigenvalue weighted by molar-refractivity contribution is -0.136. The van der Waals surface area contributed by atoms with E-state index in [9.17, 15) is 23.1 Å². The molecule has 4 rings (SSSR count). The number of aromatic nitrogens is 6. The zero-order valence-electron chi connectivity index (χ0n) is 14.9. The lowest BCUT2D eigenvalue weighted by Crippen LogP contribution is -2.25. The summed E-state index contributed by atoms with van der Waals surface area (Å²) >= 11 is 5.81. The molecule has 0 bridgehead atoms. The molecule has 3 aromatic heterocycles. The molecule has 0 amide bonds. The highest BCUT2D eigenvalue weighted by Crippen LogP contribution is 2.30. The van der Waals surface area contributed by atoms with E-state index in [-0.39, 0.29) is 24.7 Å². The van der Waals surface area contributed by atoms with Crippen LogP contribution in [0.4, 0.5) is 13.2 Å². The number of aliphatic hydroxyl groups excluding tert-OH is 1. The normalized spacial score (nSPS) is 13.1. The molecule has 0 aliphatic rings. The summed E-state index contributed by atoms with van der Waals surface area (Å²) in [6.07, 6.45) is -4.09. The maximum absolute atomic E-state index is 13.1. The van der Waals surface area contributed by atoms with Gasteiger partial charge in [-0.15, -0.1) is 9.73 Å². The van der Waals surface area contributed by atoms with Gasteiger partial charge in [0, 0.05) is 11.4 Å². The number of nitrogens with zero attached hydrogens (tertiary/aromatic N) is 6. The Morgan fingerprint density at radius 1 is 1.20 bits per heavy atom. The summed E-state index contributed by atoms with van der Waals surface area (Å²) in [5, 5.41) is 21.7. The highest BCUT2D eigenvalue weighted by atomic mass is 35.5. The maximum Gasteiger partial charge on any atom is 0.420 e. The molecule has 13 heteroatoms. The average molecular weight is 441 g/mol. The fourth-order valence-electron chi connectivity index (χ4n) is 2.81. The highest BCUT2D eigenvalue weighted by Gasteiger charge is 2.36. The summed E-state index contributed by atoms with van der Waals surface area (Å²) in [6, 6.07) is 6.56. The second kappa shape index (κ2) is 7.54. The number of alkyl halides is 3. The molecular formula is C17H12ClF3N6O3. The van der Waals surface area contributed by atoms with Gasteiger partial charge in [0.2, 0.25) is 5.89 Å². The zero-order valence-corrected chi connectivity index (χ0v) is 15.7. The van der Waals surface area contributed by atoms with E-state index >= 15 is 0 Å². The first kappa shape index (κ1) is 20.0. The van der Waals surface area contributed by atoms with Crippen LogP contribution in [0, 0.1) is 0 Å². The molecule has 3 heterocycles. The molecule has 0 fully saturated rings. The van der Waals surface area contributed by atoms with Crippen molar-refractivity contribution in [2.24, 2.45) is 0 Å². The Hall–Kier alpha value is -3.25. The maximum atomic E-state index is 13.1. The predicted octanol–water partition coefficient (Wildman–Crippen LogP) is 2.27. The first-order valence-electron chi connectivity index (χ1n) is 8.48. The van der Waals surface area contributed by atoms with Crippen molar-refractivity contribution < 1.29 is 22.8 Å². The van der Waals surface area contributed by atoms with E-state index in [4.69, 9.17) is 16.1 Å². The van der Waals surface area contributed by atoms with Gasteiger partial charge in [0.05, 0.1) is 12.3 Å². The Balaban J connectivity index is 1.55. The van der Waals surface area contributed by atoms with Gasteiger partial charge in [-0.25, -0.2) is 0 Å². The van der Waals surface area contributed by atoms with Crippen molar-refractivity contribution in [2.45, 2.75) is 25.2 Å². The van der Waals surface area contributed by atoms with Crippen molar-refractivity contribution in [1.29, 1.82) is 0 Å². The first-order valence-corrected chi connectivity index (χ1v) is 8.86. The Bertz CT molecular complexity index is 1250. The minimum absolute atomic E-state index is 0.0260. The van der Waals surface area contributed by atoms with Crippen molar-refractivity contribution >= 4 is 17.1 Å². The van der Waals surface area contributed by atoms with E-state index in [0.717, 1.165) is 10.9 Å². The van der Waals surface area contributed by atoms with Gasteiger partial charge in [0.1, 0.15) is 18.4 Å². The Morgan fingerprint density at radius 2 is 1.93 bits per heavy atom. The van der Waals surface area contributed by atoms with Crippen LogP contribution < -0.4 is 5.56 Å². The van der Waals surface area contributed by atoms with E-state index in [1.807, 2.05) is 0 Å². The molecule has 9 nitrogen and oxygen atoms in total. The van der Waals surface area contributed by atoms with Gasteiger partial charge in [-0.3, -0.25) is 9.36 Å². The second-order valence-electron chi connectivity index (χ2n) is 6.33. The summed E-state index contributed by atoms with van der Waals surface area (Å²) in [4.78, 5) is 16.6. The third-order valence-electron chi connectivity index (χ3n) is 4.27. The molecule has 1 N–H and O–H groups in total. The van der Waals surface area contributed by atoms with Crippen molar-refractivity contribution in [3.05, 3.63) is 75.0 Å². The minimum Gasteiger partial charge on any atom is -0.388 e. The molecule has 0 saturated carbocycles. The van der Waals surface area contributed by atoms with Crippen LogP contribution in [-0.2, 0) is 19.1 Å². The SMILES string of the molecule is O=c1c2c(C(F)(F)F)cnn2ncn1Cc1nc(CC(O)c2ccc(Cl)cc2)no1. The number of aliphatic hydroxyl groups is 1. The summed E-state index contributed by atoms with van der Waals surface area (Å²) < 4.78 is 45.8. The standard InChI is InChI=1S/C17H12ClF3N6O3/c18-10-3-1-9(2-4-10)12(28)5-13-24-14(30-25-13)7-26-8-23-27-15(16(26)29)11(6-22-27)17(19,20)21/h1-4,6,8,12,28H,5,7H2. The quantitative estimate of drug-likeness (QED) is 0.506.